The van der Waals surface area contributed by atoms with Gasteiger partial charge in [0.15, 0.2) is 11.9 Å². The second-order valence-corrected chi connectivity index (χ2v) is 6.43. The molecule has 9 nitrogen and oxygen atoms in total. The average molecular weight is 401 g/mol. The Morgan fingerprint density at radius 1 is 1.14 bits per heavy atom. The molecular formula is C20H23N3O6. The lowest BCUT2D eigenvalue weighted by atomic mass is 10.2. The number of benzene rings is 1. The summed E-state index contributed by atoms with van der Waals surface area (Å²) in [7, 11) is 0. The third-order valence-electron chi connectivity index (χ3n) is 4.33. The van der Waals surface area contributed by atoms with Crippen LogP contribution in [-0.4, -0.2) is 56.7 Å². The maximum atomic E-state index is 12.2. The summed E-state index contributed by atoms with van der Waals surface area (Å²) in [5.74, 6) is -1.64. The monoisotopic (exact) mass is 401 g/mol. The lowest BCUT2D eigenvalue weighted by Crippen LogP contribution is -2.36. The van der Waals surface area contributed by atoms with Gasteiger partial charge in [-0.15, -0.1) is 0 Å². The van der Waals surface area contributed by atoms with Crippen LogP contribution in [0.15, 0.2) is 47.1 Å². The normalized spacial score (nSPS) is 14.7. The number of ether oxygens (including phenoxy) is 2. The van der Waals surface area contributed by atoms with Crippen LogP contribution in [0.1, 0.15) is 17.5 Å². The van der Waals surface area contributed by atoms with Crippen molar-refractivity contribution in [3.63, 3.8) is 0 Å². The zero-order chi connectivity index (χ0) is 20.6. The van der Waals surface area contributed by atoms with Gasteiger partial charge in [0.25, 0.3) is 11.8 Å². The molecule has 1 saturated heterocycles. The summed E-state index contributed by atoms with van der Waals surface area (Å²) in [5.41, 5.74) is 1.65. The van der Waals surface area contributed by atoms with Crippen LogP contribution in [0.5, 0.6) is 0 Å². The molecule has 0 aliphatic carbocycles. The average Bonchev–Trinajstić information content (AvgIpc) is 3.28. The van der Waals surface area contributed by atoms with E-state index >= 15 is 0 Å². The molecule has 0 saturated carbocycles. The van der Waals surface area contributed by atoms with Crippen LogP contribution in [-0.2, 0) is 19.1 Å². The molecule has 2 heterocycles. The molecule has 2 N–H and O–H groups in total. The van der Waals surface area contributed by atoms with Crippen molar-refractivity contribution in [1.82, 2.24) is 5.32 Å². The Labute approximate surface area is 167 Å². The van der Waals surface area contributed by atoms with Crippen molar-refractivity contribution in [1.29, 1.82) is 0 Å². The van der Waals surface area contributed by atoms with Gasteiger partial charge in [0.2, 0.25) is 0 Å². The molecule has 154 valence electrons. The molecule has 2 amide bonds. The smallest absolute Gasteiger partial charge is 0.326 e. The zero-order valence-electron chi connectivity index (χ0n) is 16.1. The summed E-state index contributed by atoms with van der Waals surface area (Å²) < 4.78 is 15.3. The highest BCUT2D eigenvalue weighted by Crippen LogP contribution is 2.19. The number of carbonyl (C=O) groups excluding carboxylic acids is 3. The second-order valence-electron chi connectivity index (χ2n) is 6.43. The van der Waals surface area contributed by atoms with Crippen LogP contribution in [0.25, 0.3) is 0 Å². The number of hydrogen-bond acceptors (Lipinski definition) is 7. The summed E-state index contributed by atoms with van der Waals surface area (Å²) in [4.78, 5) is 38.0. The molecule has 1 fully saturated rings. The fourth-order valence-electron chi connectivity index (χ4n) is 2.76. The van der Waals surface area contributed by atoms with E-state index in [2.05, 4.69) is 15.5 Å². The fourth-order valence-corrected chi connectivity index (χ4v) is 2.76. The molecule has 1 aromatic carbocycles. The molecule has 3 rings (SSSR count). The van der Waals surface area contributed by atoms with Crippen molar-refractivity contribution < 1.29 is 28.3 Å². The summed E-state index contributed by atoms with van der Waals surface area (Å²) in [6, 6.07) is 10.5. The molecule has 1 atom stereocenters. The first-order valence-corrected chi connectivity index (χ1v) is 9.28. The number of furan rings is 1. The van der Waals surface area contributed by atoms with E-state index in [9.17, 15) is 14.4 Å². The van der Waals surface area contributed by atoms with Crippen LogP contribution in [0.3, 0.4) is 0 Å². The molecule has 1 aromatic heterocycles. The summed E-state index contributed by atoms with van der Waals surface area (Å²) in [6.45, 7) is 4.14. The molecule has 0 radical (unpaired) electrons. The van der Waals surface area contributed by atoms with E-state index in [-0.39, 0.29) is 12.3 Å². The Morgan fingerprint density at radius 2 is 1.86 bits per heavy atom. The van der Waals surface area contributed by atoms with E-state index in [1.807, 2.05) is 12.1 Å². The highest BCUT2D eigenvalue weighted by atomic mass is 16.5. The first-order chi connectivity index (χ1) is 14.0. The van der Waals surface area contributed by atoms with Crippen molar-refractivity contribution >= 4 is 29.2 Å². The number of rotatable bonds is 7. The molecule has 0 unspecified atom stereocenters. The van der Waals surface area contributed by atoms with Gasteiger partial charge in [-0.3, -0.25) is 14.4 Å². The van der Waals surface area contributed by atoms with Gasteiger partial charge in [0.05, 0.1) is 19.5 Å². The van der Waals surface area contributed by atoms with Crippen molar-refractivity contribution in [3.05, 3.63) is 48.4 Å². The predicted molar refractivity (Wildman–Crippen MR) is 105 cm³/mol. The predicted octanol–water partition coefficient (Wildman–Crippen LogP) is 1.42. The van der Waals surface area contributed by atoms with Crippen molar-refractivity contribution in [2.45, 2.75) is 13.0 Å². The van der Waals surface area contributed by atoms with E-state index in [0.717, 1.165) is 18.8 Å². The van der Waals surface area contributed by atoms with Crippen LogP contribution < -0.4 is 15.5 Å². The van der Waals surface area contributed by atoms with E-state index in [1.165, 1.54) is 19.3 Å². The van der Waals surface area contributed by atoms with E-state index in [1.54, 1.807) is 18.2 Å². The minimum absolute atomic E-state index is 0.0871. The Morgan fingerprint density at radius 3 is 2.52 bits per heavy atom. The topological polar surface area (TPSA) is 110 Å². The Balaban J connectivity index is 1.43. The number of hydrogen-bond donors (Lipinski definition) is 2. The Bertz CT molecular complexity index is 828. The van der Waals surface area contributed by atoms with E-state index in [0.29, 0.717) is 18.9 Å². The lowest BCUT2D eigenvalue weighted by Gasteiger charge is -2.28. The van der Waals surface area contributed by atoms with Gasteiger partial charge in [-0.1, -0.05) is 0 Å². The van der Waals surface area contributed by atoms with Gasteiger partial charge < -0.3 is 29.4 Å². The third-order valence-corrected chi connectivity index (χ3v) is 4.33. The highest BCUT2D eigenvalue weighted by molar-refractivity contribution is 5.96. The molecule has 9 heteroatoms. The highest BCUT2D eigenvalue weighted by Gasteiger charge is 2.19. The van der Waals surface area contributed by atoms with Crippen molar-refractivity contribution in [3.8, 4) is 0 Å². The lowest BCUT2D eigenvalue weighted by molar-refractivity contribution is -0.152. The van der Waals surface area contributed by atoms with Gasteiger partial charge in [-0.05, 0) is 43.3 Å². The van der Waals surface area contributed by atoms with Crippen LogP contribution >= 0.6 is 0 Å². The molecule has 29 heavy (non-hydrogen) atoms. The van der Waals surface area contributed by atoms with E-state index < -0.39 is 23.9 Å². The first-order valence-electron chi connectivity index (χ1n) is 9.28. The number of amides is 2. The molecule has 1 aliphatic heterocycles. The Hall–Kier alpha value is -3.33. The zero-order valence-corrected chi connectivity index (χ0v) is 16.1. The SMILES string of the molecule is C[C@@H](OC(=O)CNC(=O)c1ccco1)C(=O)Nc1ccc(N2CCOCC2)cc1. The number of morpholine rings is 1. The van der Waals surface area contributed by atoms with Crippen molar-refractivity contribution in [2.24, 2.45) is 0 Å². The van der Waals surface area contributed by atoms with Crippen molar-refractivity contribution in [2.75, 3.05) is 43.1 Å². The first kappa shape index (κ1) is 20.4. The number of carbonyl (C=O) groups is 3. The van der Waals surface area contributed by atoms with Gasteiger partial charge in [-0.2, -0.15) is 0 Å². The summed E-state index contributed by atoms with van der Waals surface area (Å²) in [5, 5.41) is 5.07. The minimum Gasteiger partial charge on any atom is -0.459 e. The number of anilines is 2. The molecule has 2 aromatic rings. The molecule has 0 spiro atoms. The van der Waals surface area contributed by atoms with Gasteiger partial charge in [0.1, 0.15) is 6.54 Å². The standard InChI is InChI=1S/C20H23N3O6/c1-14(29-18(24)13-21-20(26)17-3-2-10-28-17)19(25)22-15-4-6-16(7-5-15)23-8-11-27-12-9-23/h2-7,10,14H,8-9,11-13H2,1H3,(H,21,26)(H,22,25)/t14-/m1/s1. The summed E-state index contributed by atoms with van der Waals surface area (Å²) in [6.07, 6.45) is 0.342. The maximum Gasteiger partial charge on any atom is 0.326 e. The number of nitrogens with one attached hydrogen (secondary N) is 2. The summed E-state index contributed by atoms with van der Waals surface area (Å²) >= 11 is 0. The quantitative estimate of drug-likeness (QED) is 0.675. The van der Waals surface area contributed by atoms with Gasteiger partial charge >= 0.3 is 5.97 Å². The number of nitrogens with zero attached hydrogens (tertiary/aromatic N) is 1. The number of esters is 1. The maximum absolute atomic E-state index is 12.2. The molecule has 1 aliphatic rings. The van der Waals surface area contributed by atoms with Crippen LogP contribution in [0.4, 0.5) is 11.4 Å². The second kappa shape index (κ2) is 9.74. The van der Waals surface area contributed by atoms with Gasteiger partial charge in [-0.25, -0.2) is 0 Å². The largest absolute Gasteiger partial charge is 0.459 e. The molecule has 0 bridgehead atoms. The minimum atomic E-state index is -1.01. The molecular weight excluding hydrogens is 378 g/mol. The third kappa shape index (κ3) is 5.82. The Kier molecular flexibility index (Phi) is 6.85. The van der Waals surface area contributed by atoms with E-state index in [4.69, 9.17) is 13.9 Å². The van der Waals surface area contributed by atoms with Crippen LogP contribution in [0, 0.1) is 0 Å². The fraction of sp³-hybridized carbons (Fsp3) is 0.350. The van der Waals surface area contributed by atoms with Crippen LogP contribution in [0.2, 0.25) is 0 Å². The van der Waals surface area contributed by atoms with Gasteiger partial charge in [0, 0.05) is 24.5 Å².